The summed E-state index contributed by atoms with van der Waals surface area (Å²) < 4.78 is 63.7. The second-order valence-corrected chi connectivity index (χ2v) is 6.99. The molecule has 2 amide bonds. The molecule has 3 aromatic carbocycles. The highest BCUT2D eigenvalue weighted by Crippen LogP contribution is 2.37. The molecule has 0 aliphatic carbocycles. The van der Waals surface area contributed by atoms with Crippen molar-refractivity contribution in [3.63, 3.8) is 0 Å². The first kappa shape index (κ1) is 22.0. The molecule has 3 aromatic rings. The van der Waals surface area contributed by atoms with E-state index in [9.17, 15) is 22.4 Å². The van der Waals surface area contributed by atoms with Crippen LogP contribution >= 0.6 is 0 Å². The van der Waals surface area contributed by atoms with Gasteiger partial charge < -0.3 is 14.8 Å². The molecule has 0 aromatic heterocycles. The number of nitrogens with one attached hydrogen (secondary N) is 1. The molecule has 0 saturated carbocycles. The number of fused-ring (bicyclic) bond motifs is 1. The van der Waals surface area contributed by atoms with Crippen LogP contribution in [0.25, 0.3) is 0 Å². The van der Waals surface area contributed by atoms with E-state index in [0.29, 0.717) is 40.6 Å². The van der Waals surface area contributed by atoms with Crippen LogP contribution in [0.5, 0.6) is 17.2 Å². The van der Waals surface area contributed by atoms with Gasteiger partial charge in [0, 0.05) is 11.8 Å². The van der Waals surface area contributed by atoms with Gasteiger partial charge in [0.1, 0.15) is 29.7 Å². The van der Waals surface area contributed by atoms with Crippen LogP contribution in [-0.4, -0.2) is 19.2 Å². The molecule has 10 heteroatoms. The summed E-state index contributed by atoms with van der Waals surface area (Å²) in [4.78, 5) is 14.0. The van der Waals surface area contributed by atoms with Crippen molar-refractivity contribution < 1.29 is 31.8 Å². The van der Waals surface area contributed by atoms with Gasteiger partial charge in [-0.1, -0.05) is 0 Å². The van der Waals surface area contributed by atoms with Gasteiger partial charge in [0.25, 0.3) is 0 Å². The number of alkyl halides is 3. The highest BCUT2D eigenvalue weighted by molar-refractivity contribution is 6.03. The fourth-order valence-electron chi connectivity index (χ4n) is 3.22. The van der Waals surface area contributed by atoms with Crippen LogP contribution in [0.15, 0.2) is 60.7 Å². The summed E-state index contributed by atoms with van der Waals surface area (Å²) in [6.07, 6.45) is -4.89. The zero-order valence-corrected chi connectivity index (χ0v) is 16.8. The minimum absolute atomic E-state index is 0.151. The fourth-order valence-corrected chi connectivity index (χ4v) is 3.22. The number of urea groups is 1. The smallest absolute Gasteiger partial charge is 0.419 e. The first-order valence-corrected chi connectivity index (χ1v) is 9.65. The molecule has 0 saturated heterocycles. The van der Waals surface area contributed by atoms with E-state index in [1.54, 1.807) is 42.5 Å². The summed E-state index contributed by atoms with van der Waals surface area (Å²) in [5.41, 5.74) is -0.778. The number of nitriles is 1. The molecule has 0 radical (unpaired) electrons. The Balaban J connectivity index is 1.52. The normalized spacial score (nSPS) is 12.9. The fraction of sp³-hybridized carbons (Fsp3) is 0.130. The van der Waals surface area contributed by atoms with Gasteiger partial charge in [-0.3, -0.25) is 4.90 Å². The van der Waals surface area contributed by atoms with Crippen LogP contribution in [0.2, 0.25) is 0 Å². The number of amides is 2. The van der Waals surface area contributed by atoms with Crippen molar-refractivity contribution in [3.8, 4) is 23.3 Å². The van der Waals surface area contributed by atoms with Crippen molar-refractivity contribution in [2.24, 2.45) is 0 Å². The third-order valence-corrected chi connectivity index (χ3v) is 4.78. The Labute approximate surface area is 185 Å². The average Bonchev–Trinajstić information content (AvgIpc) is 2.79. The monoisotopic (exact) mass is 457 g/mol. The van der Waals surface area contributed by atoms with Gasteiger partial charge in [-0.05, 0) is 54.6 Å². The molecular weight excluding hydrogens is 442 g/mol. The number of hydrogen-bond donors (Lipinski definition) is 1. The lowest BCUT2D eigenvalue weighted by molar-refractivity contribution is -0.139. The van der Waals surface area contributed by atoms with Gasteiger partial charge in [0.05, 0.1) is 29.4 Å². The van der Waals surface area contributed by atoms with Crippen LogP contribution in [0.4, 0.5) is 33.7 Å². The minimum atomic E-state index is -4.89. The van der Waals surface area contributed by atoms with E-state index in [1.165, 1.54) is 4.90 Å². The van der Waals surface area contributed by atoms with E-state index in [0.717, 1.165) is 6.07 Å². The molecule has 0 spiro atoms. The molecule has 1 aliphatic heterocycles. The summed E-state index contributed by atoms with van der Waals surface area (Å²) in [6.45, 7) is 0.305. The summed E-state index contributed by atoms with van der Waals surface area (Å²) in [5, 5.41) is 11.2. The van der Waals surface area contributed by atoms with E-state index < -0.39 is 23.6 Å². The lowest BCUT2D eigenvalue weighted by Crippen LogP contribution is -2.40. The average molecular weight is 457 g/mol. The number of halogens is 4. The summed E-state index contributed by atoms with van der Waals surface area (Å²) in [5.74, 6) is -0.158. The van der Waals surface area contributed by atoms with Crippen LogP contribution in [0.3, 0.4) is 0 Å². The van der Waals surface area contributed by atoms with Crippen molar-refractivity contribution in [3.05, 3.63) is 77.6 Å². The van der Waals surface area contributed by atoms with E-state index in [2.05, 4.69) is 5.32 Å². The van der Waals surface area contributed by atoms with Crippen LogP contribution in [-0.2, 0) is 6.18 Å². The van der Waals surface area contributed by atoms with Crippen LogP contribution in [0.1, 0.15) is 11.1 Å². The molecule has 0 bridgehead atoms. The van der Waals surface area contributed by atoms with Gasteiger partial charge >= 0.3 is 12.2 Å². The number of carbonyl (C=O) groups excluding carboxylic acids is 1. The number of hydrogen-bond acceptors (Lipinski definition) is 4. The summed E-state index contributed by atoms with van der Waals surface area (Å²) >= 11 is 0. The Bertz CT molecular complexity index is 1240. The van der Waals surface area contributed by atoms with Crippen molar-refractivity contribution in [2.45, 2.75) is 6.18 Å². The summed E-state index contributed by atoms with van der Waals surface area (Å²) in [7, 11) is 0. The van der Waals surface area contributed by atoms with Gasteiger partial charge in [-0.2, -0.15) is 18.4 Å². The zero-order valence-electron chi connectivity index (χ0n) is 16.8. The third kappa shape index (κ3) is 4.82. The molecule has 6 nitrogen and oxygen atoms in total. The quantitative estimate of drug-likeness (QED) is 0.494. The molecule has 0 atom stereocenters. The molecule has 33 heavy (non-hydrogen) atoms. The maximum absolute atomic E-state index is 13.5. The highest BCUT2D eigenvalue weighted by Gasteiger charge is 2.34. The Morgan fingerprint density at radius 2 is 1.79 bits per heavy atom. The lowest BCUT2D eigenvalue weighted by Gasteiger charge is -2.30. The lowest BCUT2D eigenvalue weighted by atomic mass is 10.2. The maximum atomic E-state index is 13.5. The van der Waals surface area contributed by atoms with Gasteiger partial charge in [-0.15, -0.1) is 0 Å². The van der Waals surface area contributed by atoms with E-state index in [-0.39, 0.29) is 18.8 Å². The molecule has 4 rings (SSSR count). The number of ether oxygens (including phenoxy) is 2. The van der Waals surface area contributed by atoms with Gasteiger partial charge in [-0.25, -0.2) is 9.18 Å². The van der Waals surface area contributed by atoms with Gasteiger partial charge in [0.2, 0.25) is 0 Å². The third-order valence-electron chi connectivity index (χ3n) is 4.78. The second-order valence-electron chi connectivity index (χ2n) is 6.99. The SMILES string of the molecule is N#Cc1ccc(Oc2ccc3c(c2)OCCN3C(=O)Nc2ccc(F)c(C(F)(F)F)c2)cc1. The Hall–Kier alpha value is -4.26. The standard InChI is InChI=1S/C23H15F4N3O3/c24-19-7-3-15(11-18(19)23(25,26)27)29-22(31)30-9-10-32-21-12-17(6-8-20(21)30)33-16-4-1-14(13-28)2-5-16/h1-8,11-12H,9-10H2,(H,29,31). The maximum Gasteiger partial charge on any atom is 0.419 e. The van der Waals surface area contributed by atoms with Crippen LogP contribution < -0.4 is 19.7 Å². The molecule has 168 valence electrons. The number of nitrogens with zero attached hydrogens (tertiary/aromatic N) is 2. The molecule has 0 fully saturated rings. The number of carbonyl (C=O) groups is 1. The predicted molar refractivity (Wildman–Crippen MR) is 111 cm³/mol. The number of rotatable bonds is 3. The second kappa shape index (κ2) is 8.70. The number of anilines is 2. The Morgan fingerprint density at radius 3 is 2.48 bits per heavy atom. The van der Waals surface area contributed by atoms with Crippen molar-refractivity contribution in [1.82, 2.24) is 0 Å². The van der Waals surface area contributed by atoms with E-state index in [1.807, 2.05) is 6.07 Å². The summed E-state index contributed by atoms with van der Waals surface area (Å²) in [6, 6.07) is 14.8. The first-order valence-electron chi connectivity index (χ1n) is 9.65. The number of benzene rings is 3. The van der Waals surface area contributed by atoms with E-state index in [4.69, 9.17) is 14.7 Å². The molecule has 0 unspecified atom stereocenters. The van der Waals surface area contributed by atoms with Crippen LogP contribution in [0, 0.1) is 17.1 Å². The van der Waals surface area contributed by atoms with Crippen molar-refractivity contribution >= 4 is 17.4 Å². The first-order chi connectivity index (χ1) is 15.7. The highest BCUT2D eigenvalue weighted by atomic mass is 19.4. The van der Waals surface area contributed by atoms with Crippen molar-refractivity contribution in [2.75, 3.05) is 23.4 Å². The Morgan fingerprint density at radius 1 is 1.06 bits per heavy atom. The Kier molecular flexibility index (Phi) is 5.79. The minimum Gasteiger partial charge on any atom is -0.489 e. The molecule has 1 N–H and O–H groups in total. The van der Waals surface area contributed by atoms with E-state index >= 15 is 0 Å². The topological polar surface area (TPSA) is 74.6 Å². The zero-order chi connectivity index (χ0) is 23.6. The predicted octanol–water partition coefficient (Wildman–Crippen LogP) is 5.94. The molecule has 1 aliphatic rings. The molecular formula is C23H15F4N3O3. The van der Waals surface area contributed by atoms with Gasteiger partial charge in [0.15, 0.2) is 0 Å². The van der Waals surface area contributed by atoms with Crippen molar-refractivity contribution in [1.29, 1.82) is 5.26 Å². The largest absolute Gasteiger partial charge is 0.489 e. The molecule has 1 heterocycles.